The van der Waals surface area contributed by atoms with E-state index < -0.39 is 0 Å². The molecule has 1 fully saturated rings. The minimum atomic E-state index is -0.222. The maximum Gasteiger partial charge on any atom is 0.224 e. The molecule has 1 aliphatic rings. The Balaban J connectivity index is 1.51. The van der Waals surface area contributed by atoms with Gasteiger partial charge in [-0.2, -0.15) is 0 Å². The molecule has 1 heterocycles. The Morgan fingerprint density at radius 1 is 1.07 bits per heavy atom. The van der Waals surface area contributed by atoms with Gasteiger partial charge in [0.05, 0.1) is 12.3 Å². The second-order valence-corrected chi connectivity index (χ2v) is 7.37. The quantitative estimate of drug-likeness (QED) is 0.802. The third-order valence-corrected chi connectivity index (χ3v) is 5.14. The van der Waals surface area contributed by atoms with Gasteiger partial charge in [0, 0.05) is 30.3 Å². The molecule has 2 amide bonds. The number of primary amides is 1. The number of benzene rings is 2. The first kappa shape index (κ1) is 19.2. The number of hydrogen-bond acceptors (Lipinski definition) is 3. The lowest BCUT2D eigenvalue weighted by atomic mass is 9.97. The predicted molar refractivity (Wildman–Crippen MR) is 108 cm³/mol. The van der Waals surface area contributed by atoms with E-state index in [0.29, 0.717) is 24.5 Å². The zero-order chi connectivity index (χ0) is 19.2. The van der Waals surface area contributed by atoms with E-state index in [9.17, 15) is 9.59 Å². The number of nitrogens with two attached hydrogens (primary N) is 1. The summed E-state index contributed by atoms with van der Waals surface area (Å²) in [5, 5.41) is 3.60. The Morgan fingerprint density at radius 2 is 1.74 bits per heavy atom. The third-order valence-electron chi connectivity index (χ3n) is 4.89. The summed E-state index contributed by atoms with van der Waals surface area (Å²) in [4.78, 5) is 25.7. The topological polar surface area (TPSA) is 75.4 Å². The summed E-state index contributed by atoms with van der Waals surface area (Å²) >= 11 is 5.85. The average molecular weight is 386 g/mol. The predicted octanol–water partition coefficient (Wildman–Crippen LogP) is 2.90. The number of nitrogens with zero attached hydrogens (tertiary/aromatic N) is 1. The lowest BCUT2D eigenvalue weighted by Crippen LogP contribution is -2.41. The van der Waals surface area contributed by atoms with Gasteiger partial charge in [0.1, 0.15) is 0 Å². The molecule has 27 heavy (non-hydrogen) atoms. The van der Waals surface area contributed by atoms with Gasteiger partial charge in [-0.15, -0.1) is 0 Å². The summed E-state index contributed by atoms with van der Waals surface area (Å²) in [5.74, 6) is -0.327. The van der Waals surface area contributed by atoms with Crippen LogP contribution >= 0.6 is 11.6 Å². The molecule has 2 aromatic rings. The number of hydrogen-bond donors (Lipinski definition) is 2. The second-order valence-electron chi connectivity index (χ2n) is 6.93. The Bertz CT molecular complexity index is 790. The molecule has 3 N–H and O–H groups in total. The zero-order valence-corrected chi connectivity index (χ0v) is 15.9. The highest BCUT2D eigenvalue weighted by atomic mass is 35.5. The van der Waals surface area contributed by atoms with Gasteiger partial charge in [-0.3, -0.25) is 9.59 Å². The molecule has 3 rings (SSSR count). The first-order valence-corrected chi connectivity index (χ1v) is 9.53. The highest BCUT2D eigenvalue weighted by Gasteiger charge is 2.23. The van der Waals surface area contributed by atoms with Crippen molar-refractivity contribution in [1.29, 1.82) is 0 Å². The molecule has 142 valence electrons. The van der Waals surface area contributed by atoms with Gasteiger partial charge in [0.25, 0.3) is 0 Å². The van der Waals surface area contributed by atoms with Crippen molar-refractivity contribution in [2.75, 3.05) is 18.0 Å². The van der Waals surface area contributed by atoms with E-state index in [0.717, 1.165) is 36.2 Å². The van der Waals surface area contributed by atoms with E-state index >= 15 is 0 Å². The standard InChI is InChI=1S/C21H24ClN3O2/c22-18-7-3-15(4-8-18)12-20(26)24-13-16-5-9-19(10-6-16)25-11-1-2-17(14-25)21(23)27/h3-10,17H,1-2,11-14H2,(H2,23,27)(H,24,26). The molecule has 0 aromatic heterocycles. The summed E-state index contributed by atoms with van der Waals surface area (Å²) in [6.07, 6.45) is 2.16. The van der Waals surface area contributed by atoms with Crippen LogP contribution in [0.3, 0.4) is 0 Å². The van der Waals surface area contributed by atoms with Crippen molar-refractivity contribution < 1.29 is 9.59 Å². The van der Waals surface area contributed by atoms with E-state index in [2.05, 4.69) is 10.2 Å². The zero-order valence-electron chi connectivity index (χ0n) is 15.2. The molecule has 2 aromatic carbocycles. The fourth-order valence-corrected chi connectivity index (χ4v) is 3.45. The molecule has 0 saturated carbocycles. The van der Waals surface area contributed by atoms with Crippen molar-refractivity contribution in [3.05, 3.63) is 64.7 Å². The molecule has 1 saturated heterocycles. The fourth-order valence-electron chi connectivity index (χ4n) is 3.32. The number of halogens is 1. The number of rotatable bonds is 6. The maximum absolute atomic E-state index is 12.1. The lowest BCUT2D eigenvalue weighted by Gasteiger charge is -2.33. The van der Waals surface area contributed by atoms with E-state index in [1.54, 1.807) is 12.1 Å². The van der Waals surface area contributed by atoms with Crippen molar-refractivity contribution in [2.45, 2.75) is 25.8 Å². The molecule has 6 heteroatoms. The van der Waals surface area contributed by atoms with Gasteiger partial charge in [-0.25, -0.2) is 0 Å². The van der Waals surface area contributed by atoms with Gasteiger partial charge in [-0.1, -0.05) is 35.9 Å². The van der Waals surface area contributed by atoms with Gasteiger partial charge in [-0.05, 0) is 48.2 Å². The molecular formula is C21H24ClN3O2. The minimum Gasteiger partial charge on any atom is -0.371 e. The Labute approximate surface area is 164 Å². The van der Waals surface area contributed by atoms with Gasteiger partial charge >= 0.3 is 0 Å². The normalized spacial score (nSPS) is 16.8. The highest BCUT2D eigenvalue weighted by molar-refractivity contribution is 6.30. The maximum atomic E-state index is 12.1. The summed E-state index contributed by atoms with van der Waals surface area (Å²) < 4.78 is 0. The van der Waals surface area contributed by atoms with E-state index in [-0.39, 0.29) is 17.7 Å². The Morgan fingerprint density at radius 3 is 2.41 bits per heavy atom. The summed E-state index contributed by atoms with van der Waals surface area (Å²) in [6.45, 7) is 2.09. The first-order chi connectivity index (χ1) is 13.0. The summed E-state index contributed by atoms with van der Waals surface area (Å²) in [6, 6.07) is 15.4. The average Bonchev–Trinajstić information content (AvgIpc) is 2.69. The van der Waals surface area contributed by atoms with Crippen molar-refractivity contribution in [3.8, 4) is 0 Å². The molecule has 5 nitrogen and oxygen atoms in total. The molecule has 0 bridgehead atoms. The van der Waals surface area contributed by atoms with Crippen LogP contribution < -0.4 is 16.0 Å². The number of nitrogens with one attached hydrogen (secondary N) is 1. The molecule has 0 spiro atoms. The van der Waals surface area contributed by atoms with Crippen LogP contribution in [-0.4, -0.2) is 24.9 Å². The molecular weight excluding hydrogens is 362 g/mol. The largest absolute Gasteiger partial charge is 0.371 e. The number of piperidine rings is 1. The summed E-state index contributed by atoms with van der Waals surface area (Å²) in [7, 11) is 0. The number of amides is 2. The van der Waals surface area contributed by atoms with Crippen LogP contribution in [0.5, 0.6) is 0 Å². The van der Waals surface area contributed by atoms with Crippen LogP contribution in [0.15, 0.2) is 48.5 Å². The van der Waals surface area contributed by atoms with Crippen LogP contribution in [0.2, 0.25) is 5.02 Å². The number of carbonyl (C=O) groups is 2. The van der Waals surface area contributed by atoms with Crippen LogP contribution in [-0.2, 0) is 22.6 Å². The Hall–Kier alpha value is -2.53. The highest BCUT2D eigenvalue weighted by Crippen LogP contribution is 2.23. The van der Waals surface area contributed by atoms with Crippen molar-refractivity contribution in [1.82, 2.24) is 5.32 Å². The number of anilines is 1. The van der Waals surface area contributed by atoms with Gasteiger partial charge < -0.3 is 16.0 Å². The molecule has 1 unspecified atom stereocenters. The van der Waals surface area contributed by atoms with Gasteiger partial charge in [0.15, 0.2) is 0 Å². The first-order valence-electron chi connectivity index (χ1n) is 9.15. The number of carbonyl (C=O) groups excluding carboxylic acids is 2. The van der Waals surface area contributed by atoms with Crippen LogP contribution in [0.25, 0.3) is 0 Å². The third kappa shape index (κ3) is 5.47. The Kier molecular flexibility index (Phi) is 6.35. The van der Waals surface area contributed by atoms with Crippen molar-refractivity contribution in [2.24, 2.45) is 11.7 Å². The van der Waals surface area contributed by atoms with E-state index in [1.165, 1.54) is 0 Å². The van der Waals surface area contributed by atoms with Gasteiger partial charge in [0.2, 0.25) is 11.8 Å². The molecule has 1 atom stereocenters. The molecule has 0 aliphatic carbocycles. The molecule has 1 aliphatic heterocycles. The summed E-state index contributed by atoms with van der Waals surface area (Å²) in [5.41, 5.74) is 8.50. The lowest BCUT2D eigenvalue weighted by molar-refractivity contribution is -0.122. The SMILES string of the molecule is NC(=O)C1CCCN(c2ccc(CNC(=O)Cc3ccc(Cl)cc3)cc2)C1. The smallest absolute Gasteiger partial charge is 0.224 e. The van der Waals surface area contributed by atoms with Crippen LogP contribution in [0.1, 0.15) is 24.0 Å². The van der Waals surface area contributed by atoms with Crippen molar-refractivity contribution in [3.63, 3.8) is 0 Å². The van der Waals surface area contributed by atoms with E-state index in [1.807, 2.05) is 36.4 Å². The van der Waals surface area contributed by atoms with Crippen LogP contribution in [0, 0.1) is 5.92 Å². The van der Waals surface area contributed by atoms with E-state index in [4.69, 9.17) is 17.3 Å². The second kappa shape index (κ2) is 8.91. The minimum absolute atomic E-state index is 0.0262. The fraction of sp³-hybridized carbons (Fsp3) is 0.333. The van der Waals surface area contributed by atoms with Crippen molar-refractivity contribution >= 4 is 29.1 Å². The monoisotopic (exact) mass is 385 g/mol. The molecule has 0 radical (unpaired) electrons. The van der Waals surface area contributed by atoms with Crippen LogP contribution in [0.4, 0.5) is 5.69 Å².